The van der Waals surface area contributed by atoms with E-state index in [1.165, 1.54) is 11.1 Å². The molecule has 1 N–H and O–H groups in total. The van der Waals surface area contributed by atoms with Gasteiger partial charge in [-0.3, -0.25) is 0 Å². The fourth-order valence-corrected chi connectivity index (χ4v) is 3.93. The van der Waals surface area contributed by atoms with E-state index in [1.54, 1.807) is 21.3 Å². The fourth-order valence-electron chi connectivity index (χ4n) is 3.93. The quantitative estimate of drug-likeness (QED) is 0.896. The molecule has 0 fully saturated rings. The molecule has 3 rings (SSSR count). The standard InChI is InChI=1S/C21H26O4/c1-12-8-15-10-19(24-4)17(22)11-16(15)21(13(12)2)14-6-7-18(23-3)20(9-14)25-5/h6-7,9-13,21-22H,8H2,1-5H3/t12-,13+,21+/m1/s1. The van der Waals surface area contributed by atoms with E-state index in [0.717, 1.165) is 23.5 Å². The Kier molecular flexibility index (Phi) is 4.80. The van der Waals surface area contributed by atoms with Crippen LogP contribution >= 0.6 is 0 Å². The van der Waals surface area contributed by atoms with Crippen molar-refractivity contribution in [1.29, 1.82) is 0 Å². The van der Waals surface area contributed by atoms with Gasteiger partial charge in [-0.25, -0.2) is 0 Å². The summed E-state index contributed by atoms with van der Waals surface area (Å²) in [5.41, 5.74) is 3.57. The Bertz CT molecular complexity index is 769. The van der Waals surface area contributed by atoms with E-state index in [-0.39, 0.29) is 11.7 Å². The van der Waals surface area contributed by atoms with Crippen molar-refractivity contribution in [3.05, 3.63) is 47.0 Å². The minimum absolute atomic E-state index is 0.188. The van der Waals surface area contributed by atoms with Crippen LogP contribution in [0.1, 0.15) is 36.5 Å². The Morgan fingerprint density at radius 1 is 0.880 bits per heavy atom. The number of hydrogen-bond acceptors (Lipinski definition) is 4. The Morgan fingerprint density at radius 3 is 2.20 bits per heavy atom. The maximum Gasteiger partial charge on any atom is 0.161 e. The highest BCUT2D eigenvalue weighted by atomic mass is 16.5. The van der Waals surface area contributed by atoms with Gasteiger partial charge in [0.15, 0.2) is 23.0 Å². The highest BCUT2D eigenvalue weighted by Gasteiger charge is 2.34. The molecule has 0 saturated carbocycles. The first kappa shape index (κ1) is 17.5. The maximum absolute atomic E-state index is 10.3. The van der Waals surface area contributed by atoms with Gasteiger partial charge in [0.2, 0.25) is 0 Å². The van der Waals surface area contributed by atoms with Crippen LogP contribution in [0, 0.1) is 11.8 Å². The van der Waals surface area contributed by atoms with E-state index >= 15 is 0 Å². The van der Waals surface area contributed by atoms with Crippen molar-refractivity contribution >= 4 is 0 Å². The van der Waals surface area contributed by atoms with Crippen molar-refractivity contribution in [2.24, 2.45) is 11.8 Å². The molecule has 0 radical (unpaired) electrons. The zero-order valence-corrected chi connectivity index (χ0v) is 15.5. The summed E-state index contributed by atoms with van der Waals surface area (Å²) in [5.74, 6) is 3.33. The van der Waals surface area contributed by atoms with E-state index in [9.17, 15) is 5.11 Å². The van der Waals surface area contributed by atoms with Crippen molar-refractivity contribution in [2.45, 2.75) is 26.2 Å². The first-order valence-corrected chi connectivity index (χ1v) is 8.61. The lowest BCUT2D eigenvalue weighted by molar-refractivity contribution is 0.318. The van der Waals surface area contributed by atoms with Gasteiger partial charge in [0, 0.05) is 5.92 Å². The highest BCUT2D eigenvalue weighted by molar-refractivity contribution is 5.53. The molecule has 4 nitrogen and oxygen atoms in total. The maximum atomic E-state index is 10.3. The van der Waals surface area contributed by atoms with E-state index < -0.39 is 0 Å². The van der Waals surface area contributed by atoms with Gasteiger partial charge >= 0.3 is 0 Å². The molecule has 0 saturated heterocycles. The zero-order chi connectivity index (χ0) is 18.1. The number of phenols is 1. The Balaban J connectivity index is 2.14. The number of hydrogen-bond donors (Lipinski definition) is 1. The number of methoxy groups -OCH3 is 3. The summed E-state index contributed by atoms with van der Waals surface area (Å²) in [6, 6.07) is 9.91. The average Bonchev–Trinajstić information content (AvgIpc) is 2.62. The predicted octanol–water partition coefficient (Wildman–Crippen LogP) is 4.38. The minimum atomic E-state index is 0.188. The Morgan fingerprint density at radius 2 is 1.56 bits per heavy atom. The molecule has 4 heteroatoms. The molecule has 1 aliphatic carbocycles. The summed E-state index contributed by atoms with van der Waals surface area (Å²) in [4.78, 5) is 0. The van der Waals surface area contributed by atoms with Crippen LogP contribution in [0.4, 0.5) is 0 Å². The summed E-state index contributed by atoms with van der Waals surface area (Å²) in [6.07, 6.45) is 0.983. The molecule has 0 amide bonds. The molecule has 0 spiro atoms. The van der Waals surface area contributed by atoms with Crippen molar-refractivity contribution in [3.8, 4) is 23.0 Å². The highest BCUT2D eigenvalue weighted by Crippen LogP contribution is 2.47. The Labute approximate surface area is 149 Å². The fraction of sp³-hybridized carbons (Fsp3) is 0.429. The number of fused-ring (bicyclic) bond motifs is 1. The normalized spacial score (nSPS) is 22.2. The number of aromatic hydroxyl groups is 1. The molecule has 0 unspecified atom stereocenters. The third kappa shape index (κ3) is 3.01. The van der Waals surface area contributed by atoms with Crippen LogP contribution in [-0.2, 0) is 6.42 Å². The zero-order valence-electron chi connectivity index (χ0n) is 15.5. The monoisotopic (exact) mass is 342 g/mol. The summed E-state index contributed by atoms with van der Waals surface area (Å²) >= 11 is 0. The third-order valence-corrected chi connectivity index (χ3v) is 5.51. The number of rotatable bonds is 4. The lowest BCUT2D eigenvalue weighted by Crippen LogP contribution is -2.26. The average molecular weight is 342 g/mol. The van der Waals surface area contributed by atoms with Gasteiger partial charge < -0.3 is 19.3 Å². The van der Waals surface area contributed by atoms with Crippen molar-refractivity contribution < 1.29 is 19.3 Å². The van der Waals surface area contributed by atoms with Gasteiger partial charge in [-0.05, 0) is 59.2 Å². The lowest BCUT2D eigenvalue weighted by Gasteiger charge is -2.37. The van der Waals surface area contributed by atoms with Crippen LogP contribution < -0.4 is 14.2 Å². The van der Waals surface area contributed by atoms with Crippen molar-refractivity contribution in [1.82, 2.24) is 0 Å². The first-order valence-electron chi connectivity index (χ1n) is 8.61. The van der Waals surface area contributed by atoms with E-state index in [2.05, 4.69) is 19.9 Å². The topological polar surface area (TPSA) is 47.9 Å². The molecule has 1 aliphatic rings. The molecule has 2 aromatic carbocycles. The molecule has 0 heterocycles. The van der Waals surface area contributed by atoms with Crippen molar-refractivity contribution in [3.63, 3.8) is 0 Å². The molecule has 0 aliphatic heterocycles. The second kappa shape index (κ2) is 6.87. The van der Waals surface area contributed by atoms with Crippen LogP contribution in [0.3, 0.4) is 0 Å². The molecular weight excluding hydrogens is 316 g/mol. The number of benzene rings is 2. The number of phenolic OH excluding ortho intramolecular Hbond substituents is 1. The smallest absolute Gasteiger partial charge is 0.161 e. The summed E-state index contributed by atoms with van der Waals surface area (Å²) in [5, 5.41) is 10.3. The molecule has 0 bridgehead atoms. The van der Waals surface area contributed by atoms with E-state index in [0.29, 0.717) is 17.6 Å². The van der Waals surface area contributed by atoms with Gasteiger partial charge in [-0.2, -0.15) is 0 Å². The second-order valence-corrected chi connectivity index (χ2v) is 6.86. The molecule has 2 aromatic rings. The van der Waals surface area contributed by atoms with E-state index in [1.807, 2.05) is 24.3 Å². The van der Waals surface area contributed by atoms with Crippen LogP contribution in [0.15, 0.2) is 30.3 Å². The molecule has 0 aromatic heterocycles. The van der Waals surface area contributed by atoms with Gasteiger partial charge in [-0.15, -0.1) is 0 Å². The van der Waals surface area contributed by atoms with Gasteiger partial charge in [0.05, 0.1) is 21.3 Å². The molecular formula is C21H26O4. The molecule has 3 atom stereocenters. The summed E-state index contributed by atoms with van der Waals surface area (Å²) in [7, 11) is 4.88. The Hall–Kier alpha value is -2.36. The lowest BCUT2D eigenvalue weighted by atomic mass is 9.68. The summed E-state index contributed by atoms with van der Waals surface area (Å²) in [6.45, 7) is 4.55. The van der Waals surface area contributed by atoms with Crippen LogP contribution in [0.2, 0.25) is 0 Å². The second-order valence-electron chi connectivity index (χ2n) is 6.86. The van der Waals surface area contributed by atoms with Crippen LogP contribution in [0.25, 0.3) is 0 Å². The largest absolute Gasteiger partial charge is 0.504 e. The number of ether oxygens (including phenoxy) is 3. The summed E-state index contributed by atoms with van der Waals surface area (Å²) < 4.78 is 16.1. The van der Waals surface area contributed by atoms with Gasteiger partial charge in [0.1, 0.15) is 0 Å². The first-order chi connectivity index (χ1) is 12.0. The van der Waals surface area contributed by atoms with Crippen molar-refractivity contribution in [2.75, 3.05) is 21.3 Å². The van der Waals surface area contributed by atoms with E-state index in [4.69, 9.17) is 14.2 Å². The third-order valence-electron chi connectivity index (χ3n) is 5.51. The molecule has 134 valence electrons. The molecule has 25 heavy (non-hydrogen) atoms. The van der Waals surface area contributed by atoms with Crippen LogP contribution in [0.5, 0.6) is 23.0 Å². The minimum Gasteiger partial charge on any atom is -0.504 e. The van der Waals surface area contributed by atoms with Crippen LogP contribution in [-0.4, -0.2) is 26.4 Å². The predicted molar refractivity (Wildman–Crippen MR) is 98.1 cm³/mol. The SMILES string of the molecule is COc1cc2c(cc1O)[C@H](c1ccc(OC)c(OC)c1)[C@@H](C)[C@H](C)C2. The van der Waals surface area contributed by atoms with Gasteiger partial charge in [-0.1, -0.05) is 19.9 Å². The van der Waals surface area contributed by atoms with Gasteiger partial charge in [0.25, 0.3) is 0 Å².